The molecule has 0 fully saturated rings. The van der Waals surface area contributed by atoms with E-state index in [-0.39, 0.29) is 23.9 Å². The third-order valence-electron chi connectivity index (χ3n) is 3.93. The fourth-order valence-corrected chi connectivity index (χ4v) is 2.24. The summed E-state index contributed by atoms with van der Waals surface area (Å²) in [6, 6.07) is 7.29. The first-order valence-electron chi connectivity index (χ1n) is 7.35. The molecular formula is C16H22Cl2N4O. The molecule has 2 rings (SSSR count). The van der Waals surface area contributed by atoms with Gasteiger partial charge in [0.05, 0.1) is 17.4 Å². The van der Waals surface area contributed by atoms with Crippen LogP contribution >= 0.6 is 24.0 Å². The second-order valence-corrected chi connectivity index (χ2v) is 5.84. The summed E-state index contributed by atoms with van der Waals surface area (Å²) in [5, 5.41) is 7.70. The third-order valence-corrected chi connectivity index (χ3v) is 4.16. The van der Waals surface area contributed by atoms with Gasteiger partial charge >= 0.3 is 0 Å². The second kappa shape index (κ2) is 8.34. The van der Waals surface area contributed by atoms with Crippen LogP contribution in [0.4, 0.5) is 0 Å². The Labute approximate surface area is 147 Å². The van der Waals surface area contributed by atoms with Gasteiger partial charge in [0.1, 0.15) is 0 Å². The fraction of sp³-hybridized carbons (Fsp3) is 0.375. The Balaban J connectivity index is 0.00000264. The van der Waals surface area contributed by atoms with Crippen LogP contribution in [0.2, 0.25) is 5.02 Å². The van der Waals surface area contributed by atoms with Crippen molar-refractivity contribution >= 4 is 29.9 Å². The summed E-state index contributed by atoms with van der Waals surface area (Å²) in [4.78, 5) is 12.2. The first-order chi connectivity index (χ1) is 10.5. The van der Waals surface area contributed by atoms with E-state index in [2.05, 4.69) is 10.4 Å². The summed E-state index contributed by atoms with van der Waals surface area (Å²) in [5.74, 6) is -0.176. The van der Waals surface area contributed by atoms with Crippen molar-refractivity contribution in [1.29, 1.82) is 0 Å². The molecule has 0 unspecified atom stereocenters. The number of benzene rings is 1. The van der Waals surface area contributed by atoms with E-state index in [0.29, 0.717) is 17.1 Å². The molecule has 0 aliphatic rings. The van der Waals surface area contributed by atoms with Gasteiger partial charge in [-0.05, 0) is 31.0 Å². The average molecular weight is 357 g/mol. The van der Waals surface area contributed by atoms with E-state index in [0.717, 1.165) is 18.5 Å². The number of nitrogens with zero attached hydrogens (tertiary/aromatic N) is 2. The highest BCUT2D eigenvalue weighted by Crippen LogP contribution is 2.15. The molecule has 126 valence electrons. The highest BCUT2D eigenvalue weighted by Gasteiger charge is 2.21. The Morgan fingerprint density at radius 1 is 1.39 bits per heavy atom. The van der Waals surface area contributed by atoms with Crippen LogP contribution in [-0.2, 0) is 0 Å². The molecule has 1 heterocycles. The van der Waals surface area contributed by atoms with Gasteiger partial charge in [-0.3, -0.25) is 4.79 Å². The van der Waals surface area contributed by atoms with Crippen molar-refractivity contribution in [1.82, 2.24) is 15.1 Å². The van der Waals surface area contributed by atoms with E-state index in [1.807, 2.05) is 26.0 Å². The van der Waals surface area contributed by atoms with E-state index in [1.165, 1.54) is 6.20 Å². The summed E-state index contributed by atoms with van der Waals surface area (Å²) < 4.78 is 1.62. The Morgan fingerprint density at radius 2 is 2.09 bits per heavy atom. The van der Waals surface area contributed by atoms with Gasteiger partial charge < -0.3 is 11.1 Å². The standard InChI is InChI=1S/C16H21ClN4O.ClH/c1-3-16(18,4-2)11-19-15(22)12-9-20-21(10-12)14-7-5-6-13(17)8-14;/h5-10H,3-4,11,18H2,1-2H3,(H,19,22);1H. The number of aromatic nitrogens is 2. The Morgan fingerprint density at radius 3 is 2.70 bits per heavy atom. The van der Waals surface area contributed by atoms with Crippen LogP contribution < -0.4 is 11.1 Å². The van der Waals surface area contributed by atoms with Crippen LogP contribution in [0.5, 0.6) is 0 Å². The number of hydrogen-bond acceptors (Lipinski definition) is 3. The Bertz CT molecular complexity index is 653. The molecule has 0 bridgehead atoms. The fourth-order valence-electron chi connectivity index (χ4n) is 2.06. The molecule has 0 saturated carbocycles. The van der Waals surface area contributed by atoms with Gasteiger partial charge in [-0.15, -0.1) is 12.4 Å². The molecule has 0 radical (unpaired) electrons. The van der Waals surface area contributed by atoms with Crippen molar-refractivity contribution in [3.63, 3.8) is 0 Å². The molecule has 3 N–H and O–H groups in total. The van der Waals surface area contributed by atoms with Crippen LogP contribution in [0.15, 0.2) is 36.7 Å². The number of nitrogens with one attached hydrogen (secondary N) is 1. The molecule has 0 atom stereocenters. The zero-order valence-electron chi connectivity index (χ0n) is 13.3. The van der Waals surface area contributed by atoms with Crippen LogP contribution in [0.1, 0.15) is 37.0 Å². The number of nitrogens with two attached hydrogens (primary N) is 1. The van der Waals surface area contributed by atoms with Gasteiger partial charge in [0.15, 0.2) is 0 Å². The van der Waals surface area contributed by atoms with Gasteiger partial charge in [-0.2, -0.15) is 5.10 Å². The normalized spacial score (nSPS) is 11.0. The summed E-state index contributed by atoms with van der Waals surface area (Å²) in [6.45, 7) is 4.49. The molecule has 0 aliphatic carbocycles. The van der Waals surface area contributed by atoms with E-state index >= 15 is 0 Å². The number of halogens is 2. The van der Waals surface area contributed by atoms with E-state index in [4.69, 9.17) is 17.3 Å². The lowest BCUT2D eigenvalue weighted by Crippen LogP contribution is -2.49. The molecule has 0 aliphatic heterocycles. The number of amides is 1. The van der Waals surface area contributed by atoms with Crippen LogP contribution in [-0.4, -0.2) is 27.8 Å². The molecule has 1 aromatic heterocycles. The van der Waals surface area contributed by atoms with Crippen molar-refractivity contribution in [3.8, 4) is 5.69 Å². The Hall–Kier alpha value is -1.56. The van der Waals surface area contributed by atoms with Crippen molar-refractivity contribution in [3.05, 3.63) is 47.2 Å². The van der Waals surface area contributed by atoms with E-state index in [9.17, 15) is 4.79 Å². The topological polar surface area (TPSA) is 72.9 Å². The van der Waals surface area contributed by atoms with Crippen molar-refractivity contribution in [2.45, 2.75) is 32.2 Å². The molecule has 7 heteroatoms. The predicted molar refractivity (Wildman–Crippen MR) is 95.7 cm³/mol. The minimum absolute atomic E-state index is 0. The minimum Gasteiger partial charge on any atom is -0.350 e. The monoisotopic (exact) mass is 356 g/mol. The van der Waals surface area contributed by atoms with Crippen LogP contribution in [0.25, 0.3) is 5.69 Å². The number of rotatable bonds is 6. The lowest BCUT2D eigenvalue weighted by Gasteiger charge is -2.26. The van der Waals surface area contributed by atoms with Crippen molar-refractivity contribution in [2.24, 2.45) is 5.73 Å². The molecular weight excluding hydrogens is 335 g/mol. The molecule has 5 nitrogen and oxygen atoms in total. The average Bonchev–Trinajstić information content (AvgIpc) is 3.02. The first-order valence-corrected chi connectivity index (χ1v) is 7.73. The summed E-state index contributed by atoms with van der Waals surface area (Å²) in [5.41, 5.74) is 7.13. The molecule has 2 aromatic rings. The maximum absolute atomic E-state index is 12.2. The maximum atomic E-state index is 12.2. The second-order valence-electron chi connectivity index (χ2n) is 5.41. The summed E-state index contributed by atoms with van der Waals surface area (Å²) in [7, 11) is 0. The molecule has 0 spiro atoms. The van der Waals surface area contributed by atoms with Gasteiger partial charge in [-0.25, -0.2) is 4.68 Å². The highest BCUT2D eigenvalue weighted by atomic mass is 35.5. The van der Waals surface area contributed by atoms with Gasteiger partial charge in [0.2, 0.25) is 0 Å². The maximum Gasteiger partial charge on any atom is 0.254 e. The van der Waals surface area contributed by atoms with Gasteiger partial charge in [0.25, 0.3) is 5.91 Å². The van der Waals surface area contributed by atoms with E-state index in [1.54, 1.807) is 23.0 Å². The lowest BCUT2D eigenvalue weighted by molar-refractivity contribution is 0.0942. The van der Waals surface area contributed by atoms with Crippen LogP contribution in [0, 0.1) is 0 Å². The summed E-state index contributed by atoms with van der Waals surface area (Å²) in [6.07, 6.45) is 4.83. The van der Waals surface area contributed by atoms with Gasteiger partial charge in [0, 0.05) is 23.3 Å². The lowest BCUT2D eigenvalue weighted by atomic mass is 9.94. The number of carbonyl (C=O) groups excluding carboxylic acids is 1. The molecule has 1 aromatic carbocycles. The van der Waals surface area contributed by atoms with Crippen molar-refractivity contribution in [2.75, 3.05) is 6.54 Å². The molecule has 23 heavy (non-hydrogen) atoms. The predicted octanol–water partition coefficient (Wildman–Crippen LogP) is 3.19. The smallest absolute Gasteiger partial charge is 0.254 e. The highest BCUT2D eigenvalue weighted by molar-refractivity contribution is 6.30. The van der Waals surface area contributed by atoms with Crippen molar-refractivity contribution < 1.29 is 4.79 Å². The van der Waals surface area contributed by atoms with E-state index < -0.39 is 0 Å². The third kappa shape index (κ3) is 4.96. The molecule has 0 saturated heterocycles. The largest absolute Gasteiger partial charge is 0.350 e. The summed E-state index contributed by atoms with van der Waals surface area (Å²) >= 11 is 5.96. The minimum atomic E-state index is -0.362. The SMILES string of the molecule is CCC(N)(CC)CNC(=O)c1cnn(-c2cccc(Cl)c2)c1.Cl. The zero-order chi connectivity index (χ0) is 16.2. The number of hydrogen-bond donors (Lipinski definition) is 2. The Kier molecular flexibility index (Phi) is 7.06. The zero-order valence-corrected chi connectivity index (χ0v) is 14.8. The molecule has 1 amide bonds. The van der Waals surface area contributed by atoms with Gasteiger partial charge in [-0.1, -0.05) is 31.5 Å². The number of carbonyl (C=O) groups is 1. The quantitative estimate of drug-likeness (QED) is 0.834. The first kappa shape index (κ1) is 19.5. The van der Waals surface area contributed by atoms with Crippen LogP contribution in [0.3, 0.4) is 0 Å².